The van der Waals surface area contributed by atoms with Crippen molar-refractivity contribution in [1.82, 2.24) is 4.90 Å². The molecular formula is C13H12F3NO4. The number of aliphatic carboxylic acids is 1. The Balaban J connectivity index is 1.98. The summed E-state index contributed by atoms with van der Waals surface area (Å²) in [7, 11) is 0. The molecular weight excluding hydrogens is 291 g/mol. The molecule has 1 atom stereocenters. The fraction of sp³-hybridized carbons (Fsp3) is 0.385. The van der Waals surface area contributed by atoms with Crippen molar-refractivity contribution in [3.05, 3.63) is 29.8 Å². The second-order valence-electron chi connectivity index (χ2n) is 4.71. The van der Waals surface area contributed by atoms with E-state index in [9.17, 15) is 22.8 Å². The standard InChI is InChI=1S/C13H12F3NO4/c14-13(15,16)21-10-3-1-8(2-4-10)6-17-7-9(12(19)20)5-11(17)18/h1-4,9H,5-7H2,(H,19,20). The van der Waals surface area contributed by atoms with Crippen LogP contribution in [0.15, 0.2) is 24.3 Å². The van der Waals surface area contributed by atoms with Crippen molar-refractivity contribution in [3.63, 3.8) is 0 Å². The van der Waals surface area contributed by atoms with Gasteiger partial charge >= 0.3 is 12.3 Å². The molecule has 0 spiro atoms. The predicted molar refractivity (Wildman–Crippen MR) is 64.3 cm³/mol. The van der Waals surface area contributed by atoms with E-state index in [1.54, 1.807) is 0 Å². The number of carboxylic acids is 1. The van der Waals surface area contributed by atoms with Crippen molar-refractivity contribution in [2.45, 2.75) is 19.3 Å². The van der Waals surface area contributed by atoms with Crippen molar-refractivity contribution >= 4 is 11.9 Å². The number of rotatable bonds is 4. The number of benzene rings is 1. The van der Waals surface area contributed by atoms with E-state index in [2.05, 4.69) is 4.74 Å². The quantitative estimate of drug-likeness (QED) is 0.924. The van der Waals surface area contributed by atoms with Gasteiger partial charge in [-0.3, -0.25) is 9.59 Å². The van der Waals surface area contributed by atoms with Gasteiger partial charge in [-0.05, 0) is 17.7 Å². The van der Waals surface area contributed by atoms with E-state index in [1.807, 2.05) is 0 Å². The summed E-state index contributed by atoms with van der Waals surface area (Å²) in [5, 5.41) is 8.86. The van der Waals surface area contributed by atoms with Crippen LogP contribution in [0.5, 0.6) is 5.75 Å². The van der Waals surface area contributed by atoms with Crippen molar-refractivity contribution in [2.75, 3.05) is 6.54 Å². The molecule has 1 amide bonds. The van der Waals surface area contributed by atoms with Crippen molar-refractivity contribution in [1.29, 1.82) is 0 Å². The number of carboxylic acid groups (broad SMARTS) is 1. The van der Waals surface area contributed by atoms with Crippen molar-refractivity contribution < 1.29 is 32.6 Å². The normalized spacial score (nSPS) is 18.9. The van der Waals surface area contributed by atoms with Gasteiger partial charge in [0.25, 0.3) is 0 Å². The molecule has 1 aromatic carbocycles. The lowest BCUT2D eigenvalue weighted by Crippen LogP contribution is -2.25. The maximum atomic E-state index is 12.0. The second-order valence-corrected chi connectivity index (χ2v) is 4.71. The number of carbonyl (C=O) groups is 2. The van der Waals surface area contributed by atoms with Gasteiger partial charge in [0.1, 0.15) is 5.75 Å². The molecule has 0 bridgehead atoms. The molecule has 1 saturated heterocycles. The van der Waals surface area contributed by atoms with Gasteiger partial charge < -0.3 is 14.7 Å². The SMILES string of the molecule is O=C(O)C1CC(=O)N(Cc2ccc(OC(F)(F)F)cc2)C1. The Morgan fingerprint density at radius 3 is 2.43 bits per heavy atom. The van der Waals surface area contributed by atoms with Gasteiger partial charge in [-0.15, -0.1) is 13.2 Å². The lowest BCUT2D eigenvalue weighted by Gasteiger charge is -2.16. The summed E-state index contributed by atoms with van der Waals surface area (Å²) in [6.45, 7) is 0.268. The number of alkyl halides is 3. The highest BCUT2D eigenvalue weighted by Crippen LogP contribution is 2.24. The zero-order valence-electron chi connectivity index (χ0n) is 10.8. The van der Waals surface area contributed by atoms with Crippen LogP contribution in [0.4, 0.5) is 13.2 Å². The van der Waals surface area contributed by atoms with Crippen LogP contribution in [0, 0.1) is 5.92 Å². The van der Waals surface area contributed by atoms with Crippen LogP contribution >= 0.6 is 0 Å². The molecule has 0 radical (unpaired) electrons. The number of halogens is 3. The first-order valence-electron chi connectivity index (χ1n) is 6.10. The van der Waals surface area contributed by atoms with Crippen LogP contribution in [0.2, 0.25) is 0 Å². The molecule has 2 rings (SSSR count). The van der Waals surface area contributed by atoms with E-state index in [-0.39, 0.29) is 31.2 Å². The van der Waals surface area contributed by atoms with Gasteiger partial charge in [-0.2, -0.15) is 0 Å². The number of nitrogens with zero attached hydrogens (tertiary/aromatic N) is 1. The average molecular weight is 303 g/mol. The molecule has 114 valence electrons. The molecule has 0 saturated carbocycles. The highest BCUT2D eigenvalue weighted by atomic mass is 19.4. The number of carbonyl (C=O) groups excluding carboxylic acids is 1. The summed E-state index contributed by atoms with van der Waals surface area (Å²) in [6.07, 6.45) is -4.80. The Labute approximate surface area is 117 Å². The lowest BCUT2D eigenvalue weighted by molar-refractivity contribution is -0.274. The fourth-order valence-electron chi connectivity index (χ4n) is 2.11. The maximum absolute atomic E-state index is 12.0. The molecule has 1 unspecified atom stereocenters. The Hall–Kier alpha value is -2.25. The fourth-order valence-corrected chi connectivity index (χ4v) is 2.11. The molecule has 5 nitrogen and oxygen atoms in total. The van der Waals surface area contributed by atoms with Gasteiger partial charge in [0, 0.05) is 19.5 Å². The van der Waals surface area contributed by atoms with E-state index in [4.69, 9.17) is 5.11 Å². The highest BCUT2D eigenvalue weighted by molar-refractivity contribution is 5.86. The van der Waals surface area contributed by atoms with Gasteiger partial charge in [0.15, 0.2) is 0 Å². The number of hydrogen-bond acceptors (Lipinski definition) is 3. The topological polar surface area (TPSA) is 66.8 Å². The molecule has 1 aromatic rings. The van der Waals surface area contributed by atoms with Gasteiger partial charge in [0.2, 0.25) is 5.91 Å². The smallest absolute Gasteiger partial charge is 0.481 e. The van der Waals surface area contributed by atoms with Crippen molar-refractivity contribution in [2.24, 2.45) is 5.92 Å². The maximum Gasteiger partial charge on any atom is 0.573 e. The third-order valence-electron chi connectivity index (χ3n) is 3.09. The molecule has 1 N–H and O–H groups in total. The highest BCUT2D eigenvalue weighted by Gasteiger charge is 2.34. The molecule has 1 aliphatic rings. The molecule has 0 aromatic heterocycles. The number of likely N-dealkylation sites (tertiary alicyclic amines) is 1. The summed E-state index contributed by atoms with van der Waals surface area (Å²) >= 11 is 0. The van der Waals surface area contributed by atoms with Crippen LogP contribution in [0.1, 0.15) is 12.0 Å². The summed E-state index contributed by atoms with van der Waals surface area (Å²) in [4.78, 5) is 23.8. The van der Waals surface area contributed by atoms with E-state index < -0.39 is 18.2 Å². The zero-order chi connectivity index (χ0) is 15.6. The Morgan fingerprint density at radius 2 is 1.95 bits per heavy atom. The van der Waals surface area contributed by atoms with Crippen LogP contribution < -0.4 is 4.74 Å². The number of ether oxygens (including phenoxy) is 1. The second kappa shape index (κ2) is 5.63. The van der Waals surface area contributed by atoms with Crippen LogP contribution in [-0.2, 0) is 16.1 Å². The lowest BCUT2D eigenvalue weighted by atomic mass is 10.1. The molecule has 1 aliphatic heterocycles. The number of hydrogen-bond donors (Lipinski definition) is 1. The first-order valence-corrected chi connectivity index (χ1v) is 6.10. The van der Waals surface area contributed by atoms with Crippen LogP contribution in [-0.4, -0.2) is 34.8 Å². The van der Waals surface area contributed by atoms with E-state index in [0.717, 1.165) is 12.1 Å². The predicted octanol–water partition coefficient (Wildman–Crippen LogP) is 2.02. The van der Waals surface area contributed by atoms with Gasteiger partial charge in [0.05, 0.1) is 5.92 Å². The van der Waals surface area contributed by atoms with Gasteiger partial charge in [-0.25, -0.2) is 0 Å². The third kappa shape index (κ3) is 4.11. The van der Waals surface area contributed by atoms with E-state index >= 15 is 0 Å². The minimum Gasteiger partial charge on any atom is -0.481 e. The molecule has 0 aliphatic carbocycles. The summed E-state index contributed by atoms with van der Waals surface area (Å²) in [6, 6.07) is 5.11. The Kier molecular flexibility index (Phi) is 4.06. The van der Waals surface area contributed by atoms with Crippen LogP contribution in [0.3, 0.4) is 0 Å². The first kappa shape index (κ1) is 15.1. The minimum atomic E-state index is -4.75. The Morgan fingerprint density at radius 1 is 1.33 bits per heavy atom. The monoisotopic (exact) mass is 303 g/mol. The molecule has 1 fully saturated rings. The van der Waals surface area contributed by atoms with Crippen molar-refractivity contribution in [3.8, 4) is 5.75 Å². The largest absolute Gasteiger partial charge is 0.573 e. The molecule has 1 heterocycles. The molecule has 21 heavy (non-hydrogen) atoms. The number of amides is 1. The van der Waals surface area contributed by atoms with Gasteiger partial charge in [-0.1, -0.05) is 12.1 Å². The van der Waals surface area contributed by atoms with E-state index in [1.165, 1.54) is 17.0 Å². The summed E-state index contributed by atoms with van der Waals surface area (Å²) in [5.41, 5.74) is 0.601. The average Bonchev–Trinajstić information content (AvgIpc) is 2.72. The van der Waals surface area contributed by atoms with E-state index in [0.29, 0.717) is 5.56 Å². The Bertz CT molecular complexity index is 541. The minimum absolute atomic E-state index is 0.0510. The third-order valence-corrected chi connectivity index (χ3v) is 3.09. The zero-order valence-corrected chi connectivity index (χ0v) is 10.8. The molecule has 8 heteroatoms. The first-order chi connectivity index (χ1) is 9.74. The summed E-state index contributed by atoms with van der Waals surface area (Å²) < 4.78 is 39.8. The summed E-state index contributed by atoms with van der Waals surface area (Å²) in [5.74, 6) is -2.38. The van der Waals surface area contributed by atoms with Crippen LogP contribution in [0.25, 0.3) is 0 Å².